The van der Waals surface area contributed by atoms with Crippen LogP contribution < -0.4 is 10.6 Å². The minimum Gasteiger partial charge on any atom is -0.352 e. The summed E-state index contributed by atoms with van der Waals surface area (Å²) in [6.45, 7) is 2.63. The van der Waals surface area contributed by atoms with Crippen LogP contribution in [-0.4, -0.2) is 45.9 Å². The summed E-state index contributed by atoms with van der Waals surface area (Å²) < 4.78 is 1.97. The second kappa shape index (κ2) is 10.1. The molecule has 1 saturated carbocycles. The van der Waals surface area contributed by atoms with E-state index >= 15 is 0 Å². The summed E-state index contributed by atoms with van der Waals surface area (Å²) in [7, 11) is 1.95. The third kappa shape index (κ3) is 4.84. The van der Waals surface area contributed by atoms with Crippen molar-refractivity contribution in [1.82, 2.24) is 25.1 Å². The number of piperazine rings is 1. The number of aromatic nitrogens is 2. The molecule has 1 atom stereocenters. The maximum Gasteiger partial charge on any atom is 0.254 e. The Labute approximate surface area is 183 Å². The molecule has 30 heavy (non-hydrogen) atoms. The largest absolute Gasteiger partial charge is 0.352 e. The zero-order chi connectivity index (χ0) is 20.2. The van der Waals surface area contributed by atoms with Gasteiger partial charge in [0, 0.05) is 57.1 Å². The molecule has 7 nitrogen and oxygen atoms in total. The first-order valence-corrected chi connectivity index (χ1v) is 10.5. The van der Waals surface area contributed by atoms with E-state index in [4.69, 9.17) is 0 Å². The molecule has 1 unspecified atom stereocenters. The first-order valence-electron chi connectivity index (χ1n) is 10.5. The molecule has 1 aromatic heterocycles. The standard InChI is InChI=1S/C22H29N5O2.ClH/c1-26-12-11-24-20(26)19-15-23-10-13-27(19)22(29)18-8-6-16(7-9-18)14-25-21(28)17-4-2-3-5-17;/h6-9,11-12,17,19,23H,2-5,10,13-15H2,1H3,(H,25,28);1H. The highest BCUT2D eigenvalue weighted by Crippen LogP contribution is 2.25. The van der Waals surface area contributed by atoms with E-state index in [-0.39, 0.29) is 36.2 Å². The maximum atomic E-state index is 13.2. The molecule has 2 N–H and O–H groups in total. The predicted molar refractivity (Wildman–Crippen MR) is 117 cm³/mol. The minimum absolute atomic E-state index is 0. The fraction of sp³-hybridized carbons (Fsp3) is 0.500. The molecular formula is C22H30ClN5O2. The highest BCUT2D eigenvalue weighted by Gasteiger charge is 2.31. The molecule has 1 aliphatic heterocycles. The van der Waals surface area contributed by atoms with E-state index in [1.165, 1.54) is 0 Å². The molecule has 8 heteroatoms. The zero-order valence-electron chi connectivity index (χ0n) is 17.3. The van der Waals surface area contributed by atoms with Crippen LogP contribution in [0.1, 0.15) is 53.5 Å². The number of rotatable bonds is 5. The summed E-state index contributed by atoms with van der Waals surface area (Å²) in [4.78, 5) is 31.7. The van der Waals surface area contributed by atoms with E-state index in [9.17, 15) is 9.59 Å². The summed E-state index contributed by atoms with van der Waals surface area (Å²) in [6, 6.07) is 7.50. The molecular weight excluding hydrogens is 402 g/mol. The third-order valence-corrected chi connectivity index (χ3v) is 6.05. The van der Waals surface area contributed by atoms with Gasteiger partial charge >= 0.3 is 0 Å². The molecule has 1 aromatic carbocycles. The van der Waals surface area contributed by atoms with Gasteiger partial charge in [0.05, 0.1) is 0 Å². The van der Waals surface area contributed by atoms with Gasteiger partial charge in [-0.2, -0.15) is 0 Å². The Morgan fingerprint density at radius 3 is 2.60 bits per heavy atom. The number of benzene rings is 1. The maximum absolute atomic E-state index is 13.2. The number of carbonyl (C=O) groups is 2. The molecule has 2 amide bonds. The fourth-order valence-electron chi connectivity index (χ4n) is 4.33. The van der Waals surface area contributed by atoms with Gasteiger partial charge in [0.25, 0.3) is 5.91 Å². The van der Waals surface area contributed by atoms with Crippen LogP contribution in [0.3, 0.4) is 0 Å². The van der Waals surface area contributed by atoms with Crippen molar-refractivity contribution in [2.24, 2.45) is 13.0 Å². The summed E-state index contributed by atoms with van der Waals surface area (Å²) >= 11 is 0. The van der Waals surface area contributed by atoms with Crippen LogP contribution in [0, 0.1) is 5.92 Å². The van der Waals surface area contributed by atoms with Crippen molar-refractivity contribution >= 4 is 24.2 Å². The minimum atomic E-state index is -0.0818. The molecule has 4 rings (SSSR count). The molecule has 0 bridgehead atoms. The molecule has 2 aromatic rings. The number of nitrogens with zero attached hydrogens (tertiary/aromatic N) is 3. The topological polar surface area (TPSA) is 79.3 Å². The quantitative estimate of drug-likeness (QED) is 0.762. The Morgan fingerprint density at radius 2 is 1.93 bits per heavy atom. The lowest BCUT2D eigenvalue weighted by Crippen LogP contribution is -2.49. The summed E-state index contributed by atoms with van der Waals surface area (Å²) in [5.41, 5.74) is 1.67. The Kier molecular flexibility index (Phi) is 7.50. The van der Waals surface area contributed by atoms with Gasteiger partial charge in [0.15, 0.2) is 0 Å². The van der Waals surface area contributed by atoms with E-state index < -0.39 is 0 Å². The van der Waals surface area contributed by atoms with Gasteiger partial charge in [0.2, 0.25) is 5.91 Å². The van der Waals surface area contributed by atoms with Crippen LogP contribution >= 0.6 is 12.4 Å². The molecule has 162 valence electrons. The Hall–Kier alpha value is -2.38. The average Bonchev–Trinajstić information content (AvgIpc) is 3.44. The normalized spacial score (nSPS) is 19.4. The van der Waals surface area contributed by atoms with Gasteiger partial charge in [-0.1, -0.05) is 25.0 Å². The molecule has 0 spiro atoms. The van der Waals surface area contributed by atoms with Crippen molar-refractivity contribution in [2.45, 2.75) is 38.3 Å². The number of hydrogen-bond acceptors (Lipinski definition) is 4. The molecule has 0 radical (unpaired) electrons. The van der Waals surface area contributed by atoms with Gasteiger partial charge in [-0.25, -0.2) is 4.98 Å². The molecule has 2 aliphatic rings. The van der Waals surface area contributed by atoms with Crippen molar-refractivity contribution in [3.05, 3.63) is 53.6 Å². The van der Waals surface area contributed by atoms with Crippen molar-refractivity contribution in [1.29, 1.82) is 0 Å². The van der Waals surface area contributed by atoms with Crippen molar-refractivity contribution in [3.8, 4) is 0 Å². The SMILES string of the molecule is Cl.Cn1ccnc1C1CNCCN1C(=O)c1ccc(CNC(=O)C2CCCC2)cc1. The summed E-state index contributed by atoms with van der Waals surface area (Å²) in [5, 5.41) is 6.39. The van der Waals surface area contributed by atoms with Gasteiger partial charge in [-0.05, 0) is 30.5 Å². The monoisotopic (exact) mass is 431 g/mol. The lowest BCUT2D eigenvalue weighted by molar-refractivity contribution is -0.124. The average molecular weight is 432 g/mol. The number of nitrogens with one attached hydrogen (secondary N) is 2. The van der Waals surface area contributed by atoms with Gasteiger partial charge < -0.3 is 20.1 Å². The molecule has 1 saturated heterocycles. The zero-order valence-corrected chi connectivity index (χ0v) is 18.2. The molecule has 2 fully saturated rings. The number of amides is 2. The van der Waals surface area contributed by atoms with Crippen LogP contribution in [-0.2, 0) is 18.4 Å². The summed E-state index contributed by atoms with van der Waals surface area (Å²) in [5.74, 6) is 1.23. The van der Waals surface area contributed by atoms with E-state index in [1.54, 1.807) is 6.20 Å². The number of carbonyl (C=O) groups excluding carboxylic acids is 2. The van der Waals surface area contributed by atoms with E-state index in [0.717, 1.165) is 43.6 Å². The molecule has 2 heterocycles. The van der Waals surface area contributed by atoms with Crippen LogP contribution in [0.2, 0.25) is 0 Å². The predicted octanol–water partition coefficient (Wildman–Crippen LogP) is 2.43. The number of imidazole rings is 1. The second-order valence-electron chi connectivity index (χ2n) is 8.01. The first-order chi connectivity index (χ1) is 14.1. The van der Waals surface area contributed by atoms with E-state index in [1.807, 2.05) is 47.0 Å². The van der Waals surface area contributed by atoms with Crippen molar-refractivity contribution in [3.63, 3.8) is 0 Å². The third-order valence-electron chi connectivity index (χ3n) is 6.05. The van der Waals surface area contributed by atoms with E-state index in [0.29, 0.717) is 25.2 Å². The smallest absolute Gasteiger partial charge is 0.254 e. The van der Waals surface area contributed by atoms with Crippen LogP contribution in [0.15, 0.2) is 36.7 Å². The Balaban J connectivity index is 0.00000256. The van der Waals surface area contributed by atoms with E-state index in [2.05, 4.69) is 15.6 Å². The highest BCUT2D eigenvalue weighted by molar-refractivity contribution is 5.94. The first kappa shape index (κ1) is 22.3. The van der Waals surface area contributed by atoms with Crippen LogP contribution in [0.25, 0.3) is 0 Å². The Bertz CT molecular complexity index is 861. The number of aryl methyl sites for hydroxylation is 1. The lowest BCUT2D eigenvalue weighted by atomic mass is 10.1. The summed E-state index contributed by atoms with van der Waals surface area (Å²) in [6.07, 6.45) is 7.98. The fourth-order valence-corrected chi connectivity index (χ4v) is 4.33. The van der Waals surface area contributed by atoms with Gasteiger partial charge in [-0.3, -0.25) is 9.59 Å². The van der Waals surface area contributed by atoms with Gasteiger partial charge in [0.1, 0.15) is 11.9 Å². The number of halogens is 1. The molecule has 1 aliphatic carbocycles. The van der Waals surface area contributed by atoms with Crippen molar-refractivity contribution in [2.75, 3.05) is 19.6 Å². The van der Waals surface area contributed by atoms with Crippen LogP contribution in [0.5, 0.6) is 0 Å². The lowest BCUT2D eigenvalue weighted by Gasteiger charge is -2.35. The number of hydrogen-bond donors (Lipinski definition) is 2. The highest BCUT2D eigenvalue weighted by atomic mass is 35.5. The van der Waals surface area contributed by atoms with Crippen LogP contribution in [0.4, 0.5) is 0 Å². The van der Waals surface area contributed by atoms with Gasteiger partial charge in [-0.15, -0.1) is 12.4 Å². The van der Waals surface area contributed by atoms with Crippen molar-refractivity contribution < 1.29 is 9.59 Å². The second-order valence-corrected chi connectivity index (χ2v) is 8.01. The Morgan fingerprint density at radius 1 is 1.20 bits per heavy atom.